The van der Waals surface area contributed by atoms with Gasteiger partial charge in [-0.05, 0) is 65.7 Å². The molecule has 0 aliphatic carbocycles. The Balaban J connectivity index is 1.40. The fraction of sp³-hybridized carbons (Fsp3) is 0.0278. The van der Waals surface area contributed by atoms with E-state index >= 15 is 0 Å². The summed E-state index contributed by atoms with van der Waals surface area (Å²) in [6, 6.07) is 34.8. The van der Waals surface area contributed by atoms with Crippen molar-refractivity contribution in [2.24, 2.45) is 0 Å². The fourth-order valence-electron chi connectivity index (χ4n) is 4.41. The van der Waals surface area contributed by atoms with Crippen molar-refractivity contribution in [2.75, 3.05) is 10.6 Å². The van der Waals surface area contributed by atoms with Gasteiger partial charge in [-0.25, -0.2) is 0 Å². The monoisotopic (exact) mass is 719 g/mol. The van der Waals surface area contributed by atoms with E-state index in [0.717, 1.165) is 5.56 Å². The van der Waals surface area contributed by atoms with Gasteiger partial charge in [0.2, 0.25) is 5.91 Å². The standard InChI is InChI=1S/C36H25Cl4N3O3S/c37-27-17-7-14-24(31(27)39)20-30(43-34(44)23-12-5-2-6-13-23)35(45)41-25-15-8-16-26(21-25)47-33(22-10-3-1-4-11-22)36(46)42-29-19-9-18-28(38)32(29)40/h1-21,33H,(H,41,45)(H,42,46)(H,43,44)/b30-20+. The van der Waals surface area contributed by atoms with Gasteiger partial charge >= 0.3 is 0 Å². The molecule has 3 N–H and O–H groups in total. The predicted molar refractivity (Wildman–Crippen MR) is 194 cm³/mol. The number of benzene rings is 5. The zero-order valence-corrected chi connectivity index (χ0v) is 28.2. The van der Waals surface area contributed by atoms with Crippen molar-refractivity contribution in [2.45, 2.75) is 10.1 Å². The van der Waals surface area contributed by atoms with Crippen molar-refractivity contribution >= 4 is 93.3 Å². The molecule has 6 nitrogen and oxygen atoms in total. The van der Waals surface area contributed by atoms with Crippen LogP contribution in [0.3, 0.4) is 0 Å². The molecular formula is C36H25Cl4N3O3S. The normalized spacial score (nSPS) is 11.8. The van der Waals surface area contributed by atoms with Crippen molar-refractivity contribution in [1.29, 1.82) is 0 Å². The Morgan fingerprint density at radius 2 is 1.30 bits per heavy atom. The van der Waals surface area contributed by atoms with Crippen LogP contribution in [0.15, 0.2) is 132 Å². The number of halogens is 4. The predicted octanol–water partition coefficient (Wildman–Crippen LogP) is 10.2. The van der Waals surface area contributed by atoms with Crippen LogP contribution in [0.4, 0.5) is 11.4 Å². The van der Waals surface area contributed by atoms with E-state index in [9.17, 15) is 14.4 Å². The van der Waals surface area contributed by atoms with Gasteiger partial charge in [-0.15, -0.1) is 11.8 Å². The van der Waals surface area contributed by atoms with Gasteiger partial charge in [0, 0.05) is 16.1 Å². The first kappa shape index (κ1) is 34.1. The summed E-state index contributed by atoms with van der Waals surface area (Å²) >= 11 is 26.4. The third-order valence-corrected chi connectivity index (χ3v) is 9.61. The highest BCUT2D eigenvalue weighted by Crippen LogP contribution is 2.38. The van der Waals surface area contributed by atoms with E-state index in [-0.39, 0.29) is 21.6 Å². The number of rotatable bonds is 10. The van der Waals surface area contributed by atoms with Crippen LogP contribution >= 0.6 is 58.2 Å². The smallest absolute Gasteiger partial charge is 0.272 e. The van der Waals surface area contributed by atoms with Gasteiger partial charge in [0.15, 0.2) is 0 Å². The lowest BCUT2D eigenvalue weighted by atomic mass is 10.1. The zero-order valence-electron chi connectivity index (χ0n) is 24.3. The number of nitrogens with one attached hydrogen (secondary N) is 3. The lowest BCUT2D eigenvalue weighted by Gasteiger charge is -2.18. The largest absolute Gasteiger partial charge is 0.323 e. The molecule has 5 aromatic carbocycles. The maximum absolute atomic E-state index is 13.6. The molecule has 0 saturated carbocycles. The molecule has 5 rings (SSSR count). The summed E-state index contributed by atoms with van der Waals surface area (Å²) in [5.41, 5.74) is 2.34. The first-order valence-electron chi connectivity index (χ1n) is 14.1. The minimum atomic E-state index is -0.678. The summed E-state index contributed by atoms with van der Waals surface area (Å²) in [5.74, 6) is -1.39. The quantitative estimate of drug-likeness (QED) is 0.0990. The Morgan fingerprint density at radius 3 is 2.02 bits per heavy atom. The number of hydrogen-bond acceptors (Lipinski definition) is 4. The summed E-state index contributed by atoms with van der Waals surface area (Å²) < 4.78 is 0. The van der Waals surface area contributed by atoms with Gasteiger partial charge in [0.1, 0.15) is 10.9 Å². The third-order valence-electron chi connectivity index (χ3n) is 6.71. The van der Waals surface area contributed by atoms with Gasteiger partial charge in [-0.1, -0.05) is 119 Å². The summed E-state index contributed by atoms with van der Waals surface area (Å²) in [6.07, 6.45) is 1.46. The van der Waals surface area contributed by atoms with E-state index in [1.165, 1.54) is 17.8 Å². The number of anilines is 2. The zero-order chi connectivity index (χ0) is 33.3. The van der Waals surface area contributed by atoms with Crippen LogP contribution in [0, 0.1) is 0 Å². The first-order valence-corrected chi connectivity index (χ1v) is 16.5. The molecule has 1 atom stereocenters. The van der Waals surface area contributed by atoms with Crippen LogP contribution in [-0.2, 0) is 9.59 Å². The van der Waals surface area contributed by atoms with Crippen molar-refractivity contribution in [1.82, 2.24) is 5.32 Å². The molecule has 0 aromatic heterocycles. The summed E-state index contributed by atoms with van der Waals surface area (Å²) in [4.78, 5) is 41.0. The molecule has 0 heterocycles. The molecule has 47 heavy (non-hydrogen) atoms. The number of carbonyl (C=O) groups excluding carboxylic acids is 3. The Morgan fingerprint density at radius 1 is 0.660 bits per heavy atom. The van der Waals surface area contributed by atoms with Crippen molar-refractivity contribution in [3.8, 4) is 0 Å². The van der Waals surface area contributed by atoms with E-state index in [0.29, 0.717) is 37.4 Å². The second-order valence-electron chi connectivity index (χ2n) is 10.0. The van der Waals surface area contributed by atoms with Crippen LogP contribution in [0.2, 0.25) is 20.1 Å². The molecule has 11 heteroatoms. The lowest BCUT2D eigenvalue weighted by Crippen LogP contribution is -2.30. The molecule has 5 aromatic rings. The Hall–Kier alpha value is -4.24. The molecule has 0 radical (unpaired) electrons. The second-order valence-corrected chi connectivity index (χ2v) is 12.8. The maximum atomic E-state index is 13.6. The highest BCUT2D eigenvalue weighted by atomic mass is 35.5. The van der Waals surface area contributed by atoms with Gasteiger partial charge < -0.3 is 16.0 Å². The minimum absolute atomic E-state index is 0.0546. The second kappa shape index (κ2) is 16.0. The highest BCUT2D eigenvalue weighted by Gasteiger charge is 2.24. The average Bonchev–Trinajstić information content (AvgIpc) is 3.08. The topological polar surface area (TPSA) is 87.3 Å². The van der Waals surface area contributed by atoms with Crippen LogP contribution in [-0.4, -0.2) is 17.7 Å². The lowest BCUT2D eigenvalue weighted by molar-refractivity contribution is -0.116. The van der Waals surface area contributed by atoms with E-state index in [1.807, 2.05) is 36.4 Å². The number of thioether (sulfide) groups is 1. The van der Waals surface area contributed by atoms with Gasteiger partial charge in [0.25, 0.3) is 11.8 Å². The van der Waals surface area contributed by atoms with E-state index in [4.69, 9.17) is 46.4 Å². The van der Waals surface area contributed by atoms with Crippen molar-refractivity contribution < 1.29 is 14.4 Å². The molecule has 0 bridgehead atoms. The van der Waals surface area contributed by atoms with Crippen molar-refractivity contribution in [3.05, 3.63) is 164 Å². The SMILES string of the molecule is O=C(Nc1cccc(SC(C(=O)Nc2cccc(Cl)c2Cl)c2ccccc2)c1)/C(=C\c1cccc(Cl)c1Cl)NC(=O)c1ccccc1. The molecule has 0 saturated heterocycles. The molecule has 0 aliphatic heterocycles. The Bertz CT molecular complexity index is 1960. The third kappa shape index (κ3) is 8.98. The molecule has 3 amide bonds. The maximum Gasteiger partial charge on any atom is 0.272 e. The highest BCUT2D eigenvalue weighted by molar-refractivity contribution is 8.00. The summed E-state index contributed by atoms with van der Waals surface area (Å²) in [5, 5.41) is 8.84. The minimum Gasteiger partial charge on any atom is -0.323 e. The van der Waals surface area contributed by atoms with E-state index in [2.05, 4.69) is 16.0 Å². The molecule has 1 unspecified atom stereocenters. The van der Waals surface area contributed by atoms with E-state index in [1.54, 1.807) is 84.9 Å². The van der Waals surface area contributed by atoms with Gasteiger partial charge in [0.05, 0.1) is 25.8 Å². The number of carbonyl (C=O) groups is 3. The van der Waals surface area contributed by atoms with Crippen LogP contribution in [0.5, 0.6) is 0 Å². The molecule has 0 fully saturated rings. The van der Waals surface area contributed by atoms with Crippen LogP contribution in [0.1, 0.15) is 26.7 Å². The van der Waals surface area contributed by atoms with Crippen molar-refractivity contribution in [3.63, 3.8) is 0 Å². The summed E-state index contributed by atoms with van der Waals surface area (Å²) in [6.45, 7) is 0. The van der Waals surface area contributed by atoms with Gasteiger partial charge in [-0.2, -0.15) is 0 Å². The van der Waals surface area contributed by atoms with E-state index < -0.39 is 17.1 Å². The fourth-order valence-corrected chi connectivity index (χ4v) is 6.20. The summed E-state index contributed by atoms with van der Waals surface area (Å²) in [7, 11) is 0. The average molecular weight is 721 g/mol. The Labute approximate surface area is 296 Å². The number of hydrogen-bond donors (Lipinski definition) is 3. The number of amides is 3. The van der Waals surface area contributed by atoms with Crippen LogP contribution < -0.4 is 16.0 Å². The molecule has 236 valence electrons. The first-order chi connectivity index (χ1) is 22.7. The molecular weight excluding hydrogens is 696 g/mol. The van der Waals surface area contributed by atoms with Gasteiger partial charge in [-0.3, -0.25) is 14.4 Å². The van der Waals surface area contributed by atoms with Crippen LogP contribution in [0.25, 0.3) is 6.08 Å². The molecule has 0 spiro atoms. The Kier molecular flexibility index (Phi) is 11.6. The molecule has 0 aliphatic rings.